The summed E-state index contributed by atoms with van der Waals surface area (Å²) in [6.45, 7) is 4.26. The highest BCUT2D eigenvalue weighted by Crippen LogP contribution is 2.37. The van der Waals surface area contributed by atoms with Crippen molar-refractivity contribution in [2.45, 2.75) is 44.6 Å². The molecule has 0 bridgehead atoms. The van der Waals surface area contributed by atoms with Crippen LogP contribution in [0.25, 0.3) is 0 Å². The molecule has 0 fully saturated rings. The first kappa shape index (κ1) is 15.5. The molecule has 3 heteroatoms. The number of nitrogens with two attached hydrogens (primary N) is 1. The molecule has 3 nitrogen and oxygen atoms in total. The van der Waals surface area contributed by atoms with Crippen LogP contribution in [-0.2, 0) is 11.8 Å². The predicted octanol–water partition coefficient (Wildman–Crippen LogP) is 3.33. The van der Waals surface area contributed by atoms with Crippen molar-refractivity contribution in [2.24, 2.45) is 0 Å². The maximum atomic E-state index is 10.9. The van der Waals surface area contributed by atoms with E-state index in [4.69, 9.17) is 5.73 Å². The van der Waals surface area contributed by atoms with Gasteiger partial charge in [-0.25, -0.2) is 4.98 Å². The molecular weight excluding hydrogens is 260 g/mol. The number of benzene rings is 1. The zero-order valence-corrected chi connectivity index (χ0v) is 12.8. The minimum Gasteiger partial charge on any atom is -0.392 e. The third kappa shape index (κ3) is 3.08. The van der Waals surface area contributed by atoms with Gasteiger partial charge in [0.05, 0.1) is 6.10 Å². The maximum Gasteiger partial charge on any atom is 0.126 e. The monoisotopic (exact) mass is 284 g/mol. The zero-order chi connectivity index (χ0) is 15.3. The number of aromatic nitrogens is 1. The van der Waals surface area contributed by atoms with Crippen LogP contribution in [0.1, 0.15) is 37.8 Å². The largest absolute Gasteiger partial charge is 0.392 e. The lowest BCUT2D eigenvalue weighted by Crippen LogP contribution is -2.40. The van der Waals surface area contributed by atoms with Crippen LogP contribution in [0, 0.1) is 0 Å². The first-order valence-corrected chi connectivity index (χ1v) is 7.57. The van der Waals surface area contributed by atoms with Crippen molar-refractivity contribution in [3.8, 4) is 0 Å². The Kier molecular flexibility index (Phi) is 4.97. The number of aliphatic hydroxyl groups excluding tert-OH is 1. The third-order valence-electron chi connectivity index (χ3n) is 4.59. The van der Waals surface area contributed by atoms with Crippen LogP contribution in [0.5, 0.6) is 0 Å². The Morgan fingerprint density at radius 1 is 1.10 bits per heavy atom. The van der Waals surface area contributed by atoms with E-state index in [0.717, 1.165) is 18.4 Å². The highest BCUT2D eigenvalue weighted by atomic mass is 16.3. The van der Waals surface area contributed by atoms with Gasteiger partial charge in [0, 0.05) is 18.0 Å². The van der Waals surface area contributed by atoms with Crippen molar-refractivity contribution in [3.05, 3.63) is 59.8 Å². The quantitative estimate of drug-likeness (QED) is 0.855. The van der Waals surface area contributed by atoms with Gasteiger partial charge in [0.15, 0.2) is 0 Å². The average Bonchev–Trinajstić information content (AvgIpc) is 2.52. The molecule has 1 aromatic heterocycles. The molecule has 21 heavy (non-hydrogen) atoms. The lowest BCUT2D eigenvalue weighted by Gasteiger charge is -2.37. The molecule has 0 aliphatic heterocycles. The standard InChI is InChI=1S/C18H24N2O/c1-3-18(4-2,15-10-6-5-7-11-15)16(21)13-14-9-8-12-20-17(14)19/h5-12,16,21H,3-4,13H2,1-2H3,(H2,19,20). The molecule has 0 amide bonds. The summed E-state index contributed by atoms with van der Waals surface area (Å²) in [5.41, 5.74) is 7.76. The Morgan fingerprint density at radius 3 is 2.33 bits per heavy atom. The molecule has 0 aliphatic carbocycles. The van der Waals surface area contributed by atoms with E-state index in [2.05, 4.69) is 31.0 Å². The van der Waals surface area contributed by atoms with Crippen molar-refractivity contribution in [1.82, 2.24) is 4.98 Å². The SMILES string of the molecule is CCC(CC)(c1ccccc1)C(O)Cc1cccnc1N. The summed E-state index contributed by atoms with van der Waals surface area (Å²) in [5, 5.41) is 10.9. The van der Waals surface area contributed by atoms with Gasteiger partial charge in [-0.15, -0.1) is 0 Å². The number of anilines is 1. The predicted molar refractivity (Wildman–Crippen MR) is 87.1 cm³/mol. The molecule has 0 spiro atoms. The molecule has 0 saturated carbocycles. The van der Waals surface area contributed by atoms with E-state index >= 15 is 0 Å². The number of nitrogen functional groups attached to an aromatic ring is 1. The van der Waals surface area contributed by atoms with E-state index in [1.54, 1.807) is 6.20 Å². The van der Waals surface area contributed by atoms with Gasteiger partial charge in [-0.2, -0.15) is 0 Å². The highest BCUT2D eigenvalue weighted by molar-refractivity contribution is 5.40. The van der Waals surface area contributed by atoms with Crippen LogP contribution in [0.3, 0.4) is 0 Å². The molecule has 3 N–H and O–H groups in total. The zero-order valence-electron chi connectivity index (χ0n) is 12.8. The van der Waals surface area contributed by atoms with Crippen molar-refractivity contribution < 1.29 is 5.11 Å². The van der Waals surface area contributed by atoms with Crippen molar-refractivity contribution in [2.75, 3.05) is 5.73 Å². The lowest BCUT2D eigenvalue weighted by molar-refractivity contribution is 0.0734. The third-order valence-corrected chi connectivity index (χ3v) is 4.59. The topological polar surface area (TPSA) is 59.1 Å². The summed E-state index contributed by atoms with van der Waals surface area (Å²) in [6, 6.07) is 14.1. The van der Waals surface area contributed by atoms with E-state index in [9.17, 15) is 5.11 Å². The highest BCUT2D eigenvalue weighted by Gasteiger charge is 2.36. The Morgan fingerprint density at radius 2 is 1.76 bits per heavy atom. The lowest BCUT2D eigenvalue weighted by atomic mass is 9.70. The normalized spacial score (nSPS) is 13.1. The molecule has 1 heterocycles. The van der Waals surface area contributed by atoms with Gasteiger partial charge in [-0.05, 0) is 30.0 Å². The molecule has 2 rings (SSSR count). The number of hydrogen-bond acceptors (Lipinski definition) is 3. The second-order valence-electron chi connectivity index (χ2n) is 5.50. The summed E-state index contributed by atoms with van der Waals surface area (Å²) in [4.78, 5) is 4.11. The van der Waals surface area contributed by atoms with Crippen LogP contribution in [0.15, 0.2) is 48.7 Å². The van der Waals surface area contributed by atoms with Crippen LogP contribution in [0.4, 0.5) is 5.82 Å². The average molecular weight is 284 g/mol. The second kappa shape index (κ2) is 6.72. The van der Waals surface area contributed by atoms with E-state index in [1.165, 1.54) is 5.56 Å². The minimum absolute atomic E-state index is 0.246. The summed E-state index contributed by atoms with van der Waals surface area (Å²) in [7, 11) is 0. The molecule has 1 atom stereocenters. The molecule has 112 valence electrons. The summed E-state index contributed by atoms with van der Waals surface area (Å²) < 4.78 is 0. The van der Waals surface area contributed by atoms with Gasteiger partial charge in [-0.3, -0.25) is 0 Å². The van der Waals surface area contributed by atoms with Gasteiger partial charge in [0.25, 0.3) is 0 Å². The molecular formula is C18H24N2O. The van der Waals surface area contributed by atoms with Crippen LogP contribution in [-0.4, -0.2) is 16.2 Å². The van der Waals surface area contributed by atoms with Crippen LogP contribution < -0.4 is 5.73 Å². The number of pyridine rings is 1. The van der Waals surface area contributed by atoms with E-state index in [0.29, 0.717) is 12.2 Å². The Balaban J connectivity index is 2.32. The molecule has 0 aliphatic rings. The van der Waals surface area contributed by atoms with Crippen molar-refractivity contribution >= 4 is 5.82 Å². The molecule has 2 aromatic rings. The summed E-state index contributed by atoms with van der Waals surface area (Å²) in [5.74, 6) is 0.505. The molecule has 1 aromatic carbocycles. The fourth-order valence-corrected chi connectivity index (χ4v) is 3.12. The Bertz CT molecular complexity index is 564. The number of hydrogen-bond donors (Lipinski definition) is 2. The Hall–Kier alpha value is -1.87. The van der Waals surface area contributed by atoms with E-state index in [1.807, 2.05) is 30.3 Å². The summed E-state index contributed by atoms with van der Waals surface area (Å²) >= 11 is 0. The van der Waals surface area contributed by atoms with E-state index < -0.39 is 6.10 Å². The van der Waals surface area contributed by atoms with Gasteiger partial charge < -0.3 is 10.8 Å². The summed E-state index contributed by atoms with van der Waals surface area (Å²) in [6.07, 6.45) is 3.48. The van der Waals surface area contributed by atoms with Gasteiger partial charge in [-0.1, -0.05) is 50.2 Å². The fourth-order valence-electron chi connectivity index (χ4n) is 3.12. The van der Waals surface area contributed by atoms with Gasteiger partial charge >= 0.3 is 0 Å². The Labute approximate surface area is 126 Å². The van der Waals surface area contributed by atoms with Gasteiger partial charge in [0.1, 0.15) is 5.82 Å². The van der Waals surface area contributed by atoms with Crippen molar-refractivity contribution in [3.63, 3.8) is 0 Å². The first-order chi connectivity index (χ1) is 10.1. The van der Waals surface area contributed by atoms with Crippen LogP contribution >= 0.6 is 0 Å². The smallest absolute Gasteiger partial charge is 0.126 e. The van der Waals surface area contributed by atoms with Crippen molar-refractivity contribution in [1.29, 1.82) is 0 Å². The molecule has 1 unspecified atom stereocenters. The van der Waals surface area contributed by atoms with Crippen LogP contribution in [0.2, 0.25) is 0 Å². The fraction of sp³-hybridized carbons (Fsp3) is 0.389. The molecule has 0 saturated heterocycles. The first-order valence-electron chi connectivity index (χ1n) is 7.57. The van der Waals surface area contributed by atoms with Gasteiger partial charge in [0.2, 0.25) is 0 Å². The number of rotatable bonds is 6. The second-order valence-corrected chi connectivity index (χ2v) is 5.50. The number of nitrogens with zero attached hydrogens (tertiary/aromatic N) is 1. The van der Waals surface area contributed by atoms with E-state index in [-0.39, 0.29) is 5.41 Å². The molecule has 0 radical (unpaired) electrons. The minimum atomic E-state index is -0.485. The number of aliphatic hydroxyl groups is 1. The maximum absolute atomic E-state index is 10.9.